The molecule has 7 nitrogen and oxygen atoms in total. The summed E-state index contributed by atoms with van der Waals surface area (Å²) in [6.07, 6.45) is 2.06. The van der Waals surface area contributed by atoms with Crippen LogP contribution in [0.15, 0.2) is 35.4 Å². The van der Waals surface area contributed by atoms with E-state index >= 15 is 0 Å². The zero-order chi connectivity index (χ0) is 24.9. The van der Waals surface area contributed by atoms with Gasteiger partial charge in [0.05, 0.1) is 11.1 Å². The Morgan fingerprint density at radius 1 is 1.17 bits per heavy atom. The fraction of sp³-hybridized carbons (Fsp3) is 0.462. The van der Waals surface area contributed by atoms with E-state index in [4.69, 9.17) is 10.7 Å². The molecule has 4 rings (SSSR count). The van der Waals surface area contributed by atoms with E-state index in [1.807, 2.05) is 37.3 Å². The van der Waals surface area contributed by atoms with Crippen LogP contribution >= 0.6 is 11.8 Å². The van der Waals surface area contributed by atoms with Crippen LogP contribution in [0.25, 0.3) is 0 Å². The van der Waals surface area contributed by atoms with Gasteiger partial charge in [-0.3, -0.25) is 9.69 Å². The number of amides is 1. The first-order valence-electron chi connectivity index (χ1n) is 12.0. The van der Waals surface area contributed by atoms with E-state index in [2.05, 4.69) is 21.9 Å². The number of nitrogens with zero attached hydrogens (tertiary/aromatic N) is 5. The van der Waals surface area contributed by atoms with Gasteiger partial charge in [-0.15, -0.1) is 0 Å². The van der Waals surface area contributed by atoms with Crippen LogP contribution in [0.4, 0.5) is 10.2 Å². The van der Waals surface area contributed by atoms with Gasteiger partial charge in [0, 0.05) is 32.2 Å². The molecule has 0 saturated carbocycles. The van der Waals surface area contributed by atoms with Crippen LogP contribution in [0, 0.1) is 22.7 Å². The summed E-state index contributed by atoms with van der Waals surface area (Å²) in [6, 6.07) is 14.0. The molecule has 3 heterocycles. The number of thioether (sulfide) groups is 1. The van der Waals surface area contributed by atoms with Crippen LogP contribution in [0.5, 0.6) is 0 Å². The molecular formula is C26H29FN6OS. The predicted octanol–water partition coefficient (Wildman–Crippen LogP) is 3.72. The van der Waals surface area contributed by atoms with Crippen molar-refractivity contribution in [3.8, 4) is 12.1 Å². The number of primary amides is 1. The number of pyridine rings is 1. The average Bonchev–Trinajstić information content (AvgIpc) is 3.32. The average molecular weight is 493 g/mol. The Bertz CT molecular complexity index is 1150. The lowest BCUT2D eigenvalue weighted by Gasteiger charge is -2.37. The molecule has 2 aliphatic heterocycles. The highest BCUT2D eigenvalue weighted by Crippen LogP contribution is 2.40. The lowest BCUT2D eigenvalue weighted by Crippen LogP contribution is -2.44. The maximum atomic E-state index is 13.7. The molecule has 182 valence electrons. The highest BCUT2D eigenvalue weighted by molar-refractivity contribution is 8.00. The summed E-state index contributed by atoms with van der Waals surface area (Å²) in [4.78, 5) is 21.5. The quantitative estimate of drug-likeness (QED) is 0.587. The van der Waals surface area contributed by atoms with Gasteiger partial charge >= 0.3 is 0 Å². The van der Waals surface area contributed by atoms with Gasteiger partial charge in [-0.05, 0) is 36.8 Å². The minimum atomic E-state index is -0.743. The van der Waals surface area contributed by atoms with Crippen LogP contribution in [0.2, 0.25) is 0 Å². The van der Waals surface area contributed by atoms with Gasteiger partial charge in [0.1, 0.15) is 34.4 Å². The molecule has 2 fully saturated rings. The molecule has 9 heteroatoms. The van der Waals surface area contributed by atoms with Gasteiger partial charge in [-0.2, -0.15) is 10.5 Å². The number of halogens is 1. The Hall–Kier alpha value is -3.14. The van der Waals surface area contributed by atoms with E-state index < -0.39 is 17.3 Å². The molecule has 0 radical (unpaired) electrons. The van der Waals surface area contributed by atoms with E-state index in [1.165, 1.54) is 0 Å². The number of rotatable bonds is 7. The van der Waals surface area contributed by atoms with Crippen LogP contribution in [-0.4, -0.2) is 54.2 Å². The van der Waals surface area contributed by atoms with Crippen molar-refractivity contribution < 1.29 is 9.18 Å². The Kier molecular flexibility index (Phi) is 7.90. The molecule has 2 aliphatic rings. The summed E-state index contributed by atoms with van der Waals surface area (Å²) in [5.41, 5.74) is 7.84. The number of piperidine rings is 1. The lowest BCUT2D eigenvalue weighted by atomic mass is 9.99. The molecule has 1 aromatic heterocycles. The standard InChI is InChI=1S/C26H29FN6OS/c1-2-20-21(14-28)25(32-12-9-19(10-13-32)33-11-8-18(27)16-33)31-26(22(20)15-29)35-23(24(30)34)17-6-4-3-5-7-17/h3-7,18-19,23H,2,8-13,16H2,1H3,(H2,30,34)/t18-,23?/m1/s1. The van der Waals surface area contributed by atoms with Crippen molar-refractivity contribution in [2.45, 2.75) is 55.1 Å². The fourth-order valence-corrected chi connectivity index (χ4v) is 6.10. The SMILES string of the molecule is CCc1c(C#N)c(SC(C(N)=O)c2ccccc2)nc(N2CCC(N3CC[C@@H](F)C3)CC2)c1C#N. The maximum Gasteiger partial charge on any atom is 0.235 e. The van der Waals surface area contributed by atoms with Gasteiger partial charge in [-0.25, -0.2) is 9.37 Å². The van der Waals surface area contributed by atoms with Crippen LogP contribution in [0.3, 0.4) is 0 Å². The predicted molar refractivity (Wildman–Crippen MR) is 134 cm³/mol. The second kappa shape index (κ2) is 11.1. The number of likely N-dealkylation sites (tertiary alicyclic amines) is 1. The van der Waals surface area contributed by atoms with E-state index in [0.29, 0.717) is 66.1 Å². The number of nitrogens with two attached hydrogens (primary N) is 1. The van der Waals surface area contributed by atoms with Crippen molar-refractivity contribution in [1.29, 1.82) is 10.5 Å². The van der Waals surface area contributed by atoms with Crippen LogP contribution < -0.4 is 10.6 Å². The third-order valence-electron chi connectivity index (χ3n) is 6.86. The van der Waals surface area contributed by atoms with Gasteiger partial charge in [-0.1, -0.05) is 49.0 Å². The third kappa shape index (κ3) is 5.27. The molecule has 0 aliphatic carbocycles. The van der Waals surface area contributed by atoms with Gasteiger partial charge < -0.3 is 10.6 Å². The molecule has 2 atom stereocenters. The highest BCUT2D eigenvalue weighted by Gasteiger charge is 2.33. The number of aromatic nitrogens is 1. The first-order chi connectivity index (χ1) is 17.0. The minimum Gasteiger partial charge on any atom is -0.368 e. The second-order valence-electron chi connectivity index (χ2n) is 8.96. The Morgan fingerprint density at radius 3 is 2.40 bits per heavy atom. The number of hydrogen-bond acceptors (Lipinski definition) is 7. The number of benzene rings is 1. The Balaban J connectivity index is 1.66. The van der Waals surface area contributed by atoms with Gasteiger partial charge in [0.2, 0.25) is 5.91 Å². The molecule has 2 N–H and O–H groups in total. The van der Waals surface area contributed by atoms with Crippen molar-refractivity contribution in [1.82, 2.24) is 9.88 Å². The monoisotopic (exact) mass is 492 g/mol. The first kappa shape index (κ1) is 25.0. The summed E-state index contributed by atoms with van der Waals surface area (Å²) < 4.78 is 13.7. The number of alkyl halides is 1. The van der Waals surface area contributed by atoms with Gasteiger partial charge in [0.25, 0.3) is 0 Å². The fourth-order valence-electron chi connectivity index (χ4n) is 5.04. The number of nitriles is 2. The molecule has 35 heavy (non-hydrogen) atoms. The normalized spacial score (nSPS) is 19.8. The third-order valence-corrected chi connectivity index (χ3v) is 8.12. The van der Waals surface area contributed by atoms with E-state index in [1.54, 1.807) is 0 Å². The maximum absolute atomic E-state index is 13.7. The molecule has 1 amide bonds. The summed E-state index contributed by atoms with van der Waals surface area (Å²) in [5.74, 6) is 0.0267. The van der Waals surface area contributed by atoms with Crippen molar-refractivity contribution in [3.63, 3.8) is 0 Å². The Labute approximate surface area is 209 Å². The first-order valence-corrected chi connectivity index (χ1v) is 12.9. The molecule has 2 saturated heterocycles. The summed E-state index contributed by atoms with van der Waals surface area (Å²) in [5, 5.41) is 19.7. The zero-order valence-corrected chi connectivity index (χ0v) is 20.6. The van der Waals surface area contributed by atoms with Crippen molar-refractivity contribution in [3.05, 3.63) is 52.6 Å². The van der Waals surface area contributed by atoms with Crippen molar-refractivity contribution >= 4 is 23.5 Å². The largest absolute Gasteiger partial charge is 0.368 e. The van der Waals surface area contributed by atoms with Crippen molar-refractivity contribution in [2.24, 2.45) is 5.73 Å². The van der Waals surface area contributed by atoms with E-state index in [0.717, 1.165) is 36.7 Å². The second-order valence-corrected chi connectivity index (χ2v) is 10.1. The van der Waals surface area contributed by atoms with E-state index in [9.17, 15) is 19.7 Å². The highest BCUT2D eigenvalue weighted by atomic mass is 32.2. The van der Waals surface area contributed by atoms with Crippen LogP contribution in [0.1, 0.15) is 53.7 Å². The summed E-state index contributed by atoms with van der Waals surface area (Å²) >= 11 is 1.16. The molecule has 0 bridgehead atoms. The molecule has 0 spiro atoms. The van der Waals surface area contributed by atoms with Crippen molar-refractivity contribution in [2.75, 3.05) is 31.1 Å². The molecular weight excluding hydrogens is 463 g/mol. The van der Waals surface area contributed by atoms with E-state index in [-0.39, 0.29) is 0 Å². The Morgan fingerprint density at radius 2 is 1.86 bits per heavy atom. The molecule has 1 unspecified atom stereocenters. The summed E-state index contributed by atoms with van der Waals surface area (Å²) in [6.45, 7) is 4.58. The van der Waals surface area contributed by atoms with Gasteiger partial charge in [0.15, 0.2) is 0 Å². The molecule has 2 aromatic rings. The lowest BCUT2D eigenvalue weighted by molar-refractivity contribution is -0.117. The van der Waals surface area contributed by atoms with Crippen LogP contribution in [-0.2, 0) is 11.2 Å². The zero-order valence-electron chi connectivity index (χ0n) is 19.8. The number of anilines is 1. The number of carbonyl (C=O) groups is 1. The number of carbonyl (C=O) groups excluding carboxylic acids is 1. The molecule has 1 aromatic carbocycles. The minimum absolute atomic E-state index is 0.320. The summed E-state index contributed by atoms with van der Waals surface area (Å²) in [7, 11) is 0. The topological polar surface area (TPSA) is 110 Å². The number of hydrogen-bond donors (Lipinski definition) is 1. The smallest absolute Gasteiger partial charge is 0.235 e.